The summed E-state index contributed by atoms with van der Waals surface area (Å²) in [5.74, 6) is -0.876. The number of amidine groups is 1. The number of rotatable bonds is 7. The van der Waals surface area contributed by atoms with E-state index in [0.29, 0.717) is 29.4 Å². The van der Waals surface area contributed by atoms with E-state index in [0.717, 1.165) is 19.3 Å². The summed E-state index contributed by atoms with van der Waals surface area (Å²) in [4.78, 5) is 28.3. The number of nitrogens with one attached hydrogen (secondary N) is 2. The number of carbonyl (C=O) groups is 2. The third-order valence-electron chi connectivity index (χ3n) is 4.70. The highest BCUT2D eigenvalue weighted by Gasteiger charge is 2.18. The Morgan fingerprint density at radius 3 is 2.73 bits per heavy atom. The van der Waals surface area contributed by atoms with E-state index in [9.17, 15) is 18.0 Å². The van der Waals surface area contributed by atoms with Gasteiger partial charge in [0.1, 0.15) is 5.84 Å². The number of hydrogen-bond donors (Lipinski definition) is 2. The van der Waals surface area contributed by atoms with E-state index in [2.05, 4.69) is 15.0 Å². The lowest BCUT2D eigenvalue weighted by Gasteiger charge is -2.11. The van der Waals surface area contributed by atoms with Gasteiger partial charge >= 0.3 is 5.97 Å². The van der Waals surface area contributed by atoms with Gasteiger partial charge in [-0.1, -0.05) is 42.3 Å². The van der Waals surface area contributed by atoms with Gasteiger partial charge in [0.05, 0.1) is 4.90 Å². The Morgan fingerprint density at radius 1 is 1.09 bits per heavy atom. The third-order valence-corrected chi connectivity index (χ3v) is 6.43. The number of amides is 1. The van der Waals surface area contributed by atoms with Crippen LogP contribution in [0.25, 0.3) is 6.08 Å². The van der Waals surface area contributed by atoms with Gasteiger partial charge in [0, 0.05) is 29.8 Å². The first kappa shape index (κ1) is 24.5. The summed E-state index contributed by atoms with van der Waals surface area (Å²) < 4.78 is 32.8. The Morgan fingerprint density at radius 2 is 1.91 bits per heavy atom. The van der Waals surface area contributed by atoms with Crippen molar-refractivity contribution < 1.29 is 22.7 Å². The molecule has 0 saturated carbocycles. The van der Waals surface area contributed by atoms with E-state index in [1.54, 1.807) is 30.3 Å². The SMILES string of the molecule is O=C(COC(=O)/C=C/c1ccccc1Cl)Nc1cccc(S(=O)(=O)NC2=NCCCCC2)c1. The maximum Gasteiger partial charge on any atom is 0.331 e. The molecule has 1 heterocycles. The second-order valence-corrected chi connectivity index (χ2v) is 9.37. The van der Waals surface area contributed by atoms with Crippen LogP contribution < -0.4 is 10.0 Å². The predicted molar refractivity (Wildman–Crippen MR) is 128 cm³/mol. The molecule has 0 spiro atoms. The highest BCUT2D eigenvalue weighted by Crippen LogP contribution is 2.17. The summed E-state index contributed by atoms with van der Waals surface area (Å²) >= 11 is 6.01. The summed E-state index contributed by atoms with van der Waals surface area (Å²) in [5.41, 5.74) is 0.898. The average Bonchev–Trinajstić information content (AvgIpc) is 3.05. The molecule has 1 aliphatic rings. The van der Waals surface area contributed by atoms with E-state index < -0.39 is 28.5 Å². The van der Waals surface area contributed by atoms with Crippen molar-refractivity contribution in [1.82, 2.24) is 4.72 Å². The molecule has 33 heavy (non-hydrogen) atoms. The van der Waals surface area contributed by atoms with Crippen molar-refractivity contribution in [3.63, 3.8) is 0 Å². The Hall–Kier alpha value is -3.17. The number of halogens is 1. The topological polar surface area (TPSA) is 114 Å². The predicted octanol–water partition coefficient (Wildman–Crippen LogP) is 3.79. The third kappa shape index (κ3) is 7.73. The minimum Gasteiger partial charge on any atom is -0.452 e. The van der Waals surface area contributed by atoms with Crippen molar-refractivity contribution in [1.29, 1.82) is 0 Å². The van der Waals surface area contributed by atoms with Gasteiger partial charge in [-0.3, -0.25) is 14.5 Å². The van der Waals surface area contributed by atoms with Crippen molar-refractivity contribution in [3.05, 3.63) is 65.2 Å². The van der Waals surface area contributed by atoms with E-state index in [1.807, 2.05) is 0 Å². The molecule has 2 aromatic rings. The molecule has 2 aromatic carbocycles. The minimum atomic E-state index is -3.83. The maximum absolute atomic E-state index is 12.7. The van der Waals surface area contributed by atoms with E-state index in [4.69, 9.17) is 16.3 Å². The molecule has 0 bridgehead atoms. The maximum atomic E-state index is 12.7. The summed E-state index contributed by atoms with van der Waals surface area (Å²) in [7, 11) is -3.83. The van der Waals surface area contributed by atoms with Crippen LogP contribution in [0.15, 0.2) is 64.5 Å². The van der Waals surface area contributed by atoms with Crippen LogP contribution in [-0.2, 0) is 24.3 Å². The van der Waals surface area contributed by atoms with Gasteiger partial charge in [0.15, 0.2) is 6.61 Å². The van der Waals surface area contributed by atoms with Crippen LogP contribution in [0.5, 0.6) is 0 Å². The van der Waals surface area contributed by atoms with Crippen molar-refractivity contribution >= 4 is 51.1 Å². The zero-order chi connectivity index (χ0) is 23.7. The number of sulfonamides is 1. The molecule has 3 rings (SSSR count). The second kappa shape index (κ2) is 11.6. The Labute approximate surface area is 197 Å². The number of nitrogens with zero attached hydrogens (tertiary/aromatic N) is 1. The van der Waals surface area contributed by atoms with Crippen LogP contribution in [0.1, 0.15) is 31.2 Å². The number of hydrogen-bond acceptors (Lipinski definition) is 6. The monoisotopic (exact) mass is 489 g/mol. The molecule has 0 saturated heterocycles. The van der Waals surface area contributed by atoms with Crippen molar-refractivity contribution in [2.75, 3.05) is 18.5 Å². The number of aliphatic imine (C=N–C) groups is 1. The minimum absolute atomic E-state index is 0.00749. The van der Waals surface area contributed by atoms with E-state index >= 15 is 0 Å². The molecule has 0 fully saturated rings. The molecule has 0 radical (unpaired) electrons. The van der Waals surface area contributed by atoms with E-state index in [1.165, 1.54) is 30.4 Å². The van der Waals surface area contributed by atoms with Crippen molar-refractivity contribution in [2.45, 2.75) is 30.6 Å². The van der Waals surface area contributed by atoms with Crippen LogP contribution in [0.3, 0.4) is 0 Å². The van der Waals surface area contributed by atoms with E-state index in [-0.39, 0.29) is 10.6 Å². The molecule has 1 amide bonds. The fourth-order valence-electron chi connectivity index (χ4n) is 3.06. The first-order valence-corrected chi connectivity index (χ1v) is 12.2. The summed E-state index contributed by atoms with van der Waals surface area (Å²) in [6, 6.07) is 12.8. The quantitative estimate of drug-likeness (QED) is 0.453. The molecule has 8 nitrogen and oxygen atoms in total. The van der Waals surface area contributed by atoms with Gasteiger partial charge in [-0.25, -0.2) is 13.2 Å². The van der Waals surface area contributed by atoms with Crippen LogP contribution in [0.4, 0.5) is 5.69 Å². The number of anilines is 1. The molecule has 2 N–H and O–H groups in total. The lowest BCUT2D eigenvalue weighted by Crippen LogP contribution is -2.30. The normalized spacial score (nSPS) is 14.3. The fourth-order valence-corrected chi connectivity index (χ4v) is 4.40. The van der Waals surface area contributed by atoms with Crippen LogP contribution in [0, 0.1) is 0 Å². The molecule has 0 aliphatic carbocycles. The largest absolute Gasteiger partial charge is 0.452 e. The van der Waals surface area contributed by atoms with Gasteiger partial charge in [-0.05, 0) is 48.7 Å². The first-order chi connectivity index (χ1) is 15.8. The lowest BCUT2D eigenvalue weighted by atomic mass is 10.2. The molecular weight excluding hydrogens is 466 g/mol. The summed E-state index contributed by atoms with van der Waals surface area (Å²) in [6.45, 7) is 0.0674. The summed E-state index contributed by atoms with van der Waals surface area (Å²) in [5, 5.41) is 3.00. The molecule has 1 aliphatic heterocycles. The van der Waals surface area contributed by atoms with Gasteiger partial charge in [-0.2, -0.15) is 0 Å². The molecule has 10 heteroatoms. The molecular formula is C23H24ClN3O5S. The fraction of sp³-hybridized carbons (Fsp3) is 0.261. The average molecular weight is 490 g/mol. The second-order valence-electron chi connectivity index (χ2n) is 7.28. The first-order valence-electron chi connectivity index (χ1n) is 10.4. The Bertz CT molecular complexity index is 1180. The number of esters is 1. The van der Waals surface area contributed by atoms with Crippen molar-refractivity contribution in [3.8, 4) is 0 Å². The Kier molecular flexibility index (Phi) is 8.62. The molecule has 0 atom stereocenters. The lowest BCUT2D eigenvalue weighted by molar-refractivity contribution is -0.142. The van der Waals surface area contributed by atoms with Crippen LogP contribution in [-0.4, -0.2) is 39.3 Å². The van der Waals surface area contributed by atoms with Gasteiger partial charge < -0.3 is 10.1 Å². The van der Waals surface area contributed by atoms with Gasteiger partial charge in [0.25, 0.3) is 15.9 Å². The summed E-state index contributed by atoms with van der Waals surface area (Å²) in [6.07, 6.45) is 6.06. The highest BCUT2D eigenvalue weighted by molar-refractivity contribution is 7.90. The molecule has 174 valence electrons. The van der Waals surface area contributed by atoms with Crippen molar-refractivity contribution in [2.24, 2.45) is 4.99 Å². The van der Waals surface area contributed by atoms with Gasteiger partial charge in [-0.15, -0.1) is 0 Å². The molecule has 0 unspecified atom stereocenters. The zero-order valence-electron chi connectivity index (χ0n) is 17.8. The number of ether oxygens (including phenoxy) is 1. The van der Waals surface area contributed by atoms with Gasteiger partial charge in [0.2, 0.25) is 0 Å². The number of benzene rings is 2. The smallest absolute Gasteiger partial charge is 0.331 e. The zero-order valence-corrected chi connectivity index (χ0v) is 19.4. The van der Waals surface area contributed by atoms with Crippen LogP contribution >= 0.6 is 11.6 Å². The number of carbonyl (C=O) groups excluding carboxylic acids is 2. The Balaban J connectivity index is 1.55. The highest BCUT2D eigenvalue weighted by atomic mass is 35.5. The molecule has 0 aromatic heterocycles. The standard InChI is InChI=1S/C23H24ClN3O5S/c24-20-10-4-3-7-17(20)12-13-23(29)32-16-22(28)26-18-8-6-9-19(15-18)33(30,31)27-21-11-2-1-5-14-25-21/h3-4,6-10,12-13,15H,1-2,5,11,14,16H2,(H,25,27)(H,26,28)/b13-12+. The van der Waals surface area contributed by atoms with Crippen LogP contribution in [0.2, 0.25) is 5.02 Å².